The Bertz CT molecular complexity index is 629. The summed E-state index contributed by atoms with van der Waals surface area (Å²) in [6.07, 6.45) is 3.04. The minimum Gasteiger partial charge on any atom is -0.445 e. The summed E-state index contributed by atoms with van der Waals surface area (Å²) in [6, 6.07) is 9.91. The Hall–Kier alpha value is -1.92. The van der Waals surface area contributed by atoms with E-state index in [4.69, 9.17) is 14.2 Å². The van der Waals surface area contributed by atoms with Crippen molar-refractivity contribution in [3.8, 4) is 0 Å². The highest BCUT2D eigenvalue weighted by molar-refractivity contribution is 5.82. The Morgan fingerprint density at radius 3 is 2.35 bits per heavy atom. The largest absolute Gasteiger partial charge is 0.445 e. The number of benzene rings is 1. The fraction of sp³-hybridized carbons (Fsp3) is 0.600. The van der Waals surface area contributed by atoms with Crippen LogP contribution in [0, 0.1) is 5.92 Å². The van der Waals surface area contributed by atoms with E-state index in [9.17, 15) is 9.59 Å². The van der Waals surface area contributed by atoms with E-state index in [-0.39, 0.29) is 42.8 Å². The Balaban J connectivity index is 1.31. The topological polar surface area (TPSA) is 65.1 Å². The molecule has 4 rings (SSSR count). The first kappa shape index (κ1) is 17.5. The van der Waals surface area contributed by atoms with Crippen LogP contribution in [0.15, 0.2) is 30.3 Å². The van der Waals surface area contributed by atoms with E-state index < -0.39 is 0 Å². The van der Waals surface area contributed by atoms with Crippen molar-refractivity contribution in [3.63, 3.8) is 0 Å². The van der Waals surface area contributed by atoms with Gasteiger partial charge in [0.2, 0.25) is 0 Å². The van der Waals surface area contributed by atoms with Crippen LogP contribution in [0.4, 0.5) is 4.79 Å². The van der Waals surface area contributed by atoms with Crippen molar-refractivity contribution in [2.45, 2.75) is 57.1 Å². The van der Waals surface area contributed by atoms with Crippen LogP contribution < -0.4 is 0 Å². The smallest absolute Gasteiger partial charge is 0.410 e. The lowest BCUT2D eigenvalue weighted by Crippen LogP contribution is -2.48. The van der Waals surface area contributed by atoms with Crippen LogP contribution >= 0.6 is 0 Å². The lowest BCUT2D eigenvalue weighted by molar-refractivity contribution is -0.133. The number of hydrogen-bond acceptors (Lipinski definition) is 5. The first-order valence-corrected chi connectivity index (χ1v) is 9.45. The normalized spacial score (nSPS) is 28.3. The maximum atomic E-state index is 12.6. The molecular formula is C20H25NO5. The van der Waals surface area contributed by atoms with E-state index in [1.54, 1.807) is 0 Å². The Kier molecular flexibility index (Phi) is 5.22. The average molecular weight is 359 g/mol. The molecule has 0 aliphatic carbocycles. The molecule has 0 radical (unpaired) electrons. The van der Waals surface area contributed by atoms with Crippen LogP contribution in [0.25, 0.3) is 0 Å². The number of Topliss-reactive ketones (excluding diaryl/α,β-unsaturated/α-hetero) is 1. The molecule has 0 N–H and O–H groups in total. The summed E-state index contributed by atoms with van der Waals surface area (Å²) >= 11 is 0. The summed E-state index contributed by atoms with van der Waals surface area (Å²) in [7, 11) is 0. The van der Waals surface area contributed by atoms with Crippen molar-refractivity contribution in [3.05, 3.63) is 35.9 Å². The van der Waals surface area contributed by atoms with Crippen molar-refractivity contribution in [2.75, 3.05) is 13.2 Å². The molecule has 6 heteroatoms. The quantitative estimate of drug-likeness (QED) is 0.809. The molecule has 6 nitrogen and oxygen atoms in total. The molecule has 3 saturated heterocycles. The zero-order chi connectivity index (χ0) is 17.9. The molecular weight excluding hydrogens is 334 g/mol. The Morgan fingerprint density at radius 2 is 1.69 bits per heavy atom. The standard InChI is InChI=1S/C20H25NO5/c22-18(12-19-24-8-9-25-19)15-10-16-6-7-17(11-15)21(16)20(23)26-13-14-4-2-1-3-5-14/h1-5,15-17,19H,6-13H2. The number of ether oxygens (including phenoxy) is 3. The minimum atomic E-state index is -0.381. The second-order valence-corrected chi connectivity index (χ2v) is 7.34. The van der Waals surface area contributed by atoms with Crippen molar-refractivity contribution in [1.82, 2.24) is 4.90 Å². The highest BCUT2D eigenvalue weighted by Crippen LogP contribution is 2.40. The van der Waals surface area contributed by atoms with Crippen molar-refractivity contribution in [1.29, 1.82) is 0 Å². The zero-order valence-corrected chi connectivity index (χ0v) is 14.8. The lowest BCUT2D eigenvalue weighted by atomic mass is 9.86. The molecule has 3 aliphatic heterocycles. The predicted molar refractivity (Wildman–Crippen MR) is 93.3 cm³/mol. The van der Waals surface area contributed by atoms with Gasteiger partial charge in [-0.15, -0.1) is 0 Å². The van der Waals surface area contributed by atoms with Crippen LogP contribution in [0.1, 0.15) is 37.7 Å². The van der Waals surface area contributed by atoms with Crippen molar-refractivity contribution < 1.29 is 23.8 Å². The van der Waals surface area contributed by atoms with E-state index in [1.807, 2.05) is 35.2 Å². The number of amides is 1. The second kappa shape index (κ2) is 7.76. The van der Waals surface area contributed by atoms with Crippen LogP contribution in [-0.4, -0.2) is 48.4 Å². The number of fused-ring (bicyclic) bond motifs is 2. The van der Waals surface area contributed by atoms with Gasteiger partial charge in [-0.2, -0.15) is 0 Å². The SMILES string of the molecule is O=C(CC1OCCO1)C1CC2CCC(C1)N2C(=O)OCc1ccccc1. The van der Waals surface area contributed by atoms with Gasteiger partial charge in [-0.3, -0.25) is 4.79 Å². The van der Waals surface area contributed by atoms with E-state index in [1.165, 1.54) is 0 Å². The third kappa shape index (κ3) is 3.76. The number of ketones is 1. The first-order chi connectivity index (χ1) is 12.7. The summed E-state index contributed by atoms with van der Waals surface area (Å²) < 4.78 is 16.3. The molecule has 1 aromatic rings. The van der Waals surface area contributed by atoms with E-state index >= 15 is 0 Å². The van der Waals surface area contributed by atoms with E-state index in [2.05, 4.69) is 0 Å². The molecule has 1 aromatic carbocycles. The number of carbonyl (C=O) groups is 2. The number of nitrogens with zero attached hydrogens (tertiary/aromatic N) is 1. The maximum Gasteiger partial charge on any atom is 0.410 e. The number of rotatable bonds is 5. The number of piperidine rings is 1. The van der Waals surface area contributed by atoms with Gasteiger partial charge < -0.3 is 19.1 Å². The molecule has 2 atom stereocenters. The third-order valence-electron chi connectivity index (χ3n) is 5.66. The zero-order valence-electron chi connectivity index (χ0n) is 14.8. The number of carbonyl (C=O) groups excluding carboxylic acids is 2. The molecule has 3 aliphatic rings. The third-order valence-corrected chi connectivity index (χ3v) is 5.66. The van der Waals surface area contributed by atoms with Crippen molar-refractivity contribution in [2.24, 2.45) is 5.92 Å². The Morgan fingerprint density at radius 1 is 1.04 bits per heavy atom. The Labute approximate surface area is 153 Å². The van der Waals surface area contributed by atoms with Gasteiger partial charge in [0.25, 0.3) is 0 Å². The highest BCUT2D eigenvalue weighted by atomic mass is 16.7. The molecule has 0 saturated carbocycles. The molecule has 0 spiro atoms. The predicted octanol–water partition coefficient (Wildman–Crippen LogP) is 2.90. The average Bonchev–Trinajstić information content (AvgIpc) is 3.26. The van der Waals surface area contributed by atoms with Crippen LogP contribution in [0.3, 0.4) is 0 Å². The van der Waals surface area contributed by atoms with Crippen LogP contribution in [0.5, 0.6) is 0 Å². The van der Waals surface area contributed by atoms with Gasteiger partial charge in [-0.25, -0.2) is 4.79 Å². The van der Waals surface area contributed by atoms with Gasteiger partial charge in [0.1, 0.15) is 12.4 Å². The van der Waals surface area contributed by atoms with E-state index in [0.29, 0.717) is 19.6 Å². The van der Waals surface area contributed by atoms with E-state index in [0.717, 1.165) is 31.2 Å². The molecule has 26 heavy (non-hydrogen) atoms. The first-order valence-electron chi connectivity index (χ1n) is 9.45. The van der Waals surface area contributed by atoms with Gasteiger partial charge in [-0.1, -0.05) is 30.3 Å². The lowest BCUT2D eigenvalue weighted by Gasteiger charge is -2.37. The van der Waals surface area contributed by atoms with Gasteiger partial charge in [0, 0.05) is 18.0 Å². The molecule has 2 bridgehead atoms. The van der Waals surface area contributed by atoms with Crippen LogP contribution in [0.2, 0.25) is 0 Å². The summed E-state index contributed by atoms with van der Waals surface area (Å²) in [4.78, 5) is 27.0. The molecule has 3 heterocycles. The van der Waals surface area contributed by atoms with Crippen LogP contribution in [-0.2, 0) is 25.6 Å². The van der Waals surface area contributed by atoms with Gasteiger partial charge in [0.05, 0.1) is 19.6 Å². The summed E-state index contributed by atoms with van der Waals surface area (Å²) in [5.74, 6) is 0.199. The van der Waals surface area contributed by atoms with Crippen molar-refractivity contribution >= 4 is 11.9 Å². The molecule has 2 unspecified atom stereocenters. The summed E-state index contributed by atoms with van der Waals surface area (Å²) in [5, 5.41) is 0. The number of hydrogen-bond donors (Lipinski definition) is 0. The van der Waals surface area contributed by atoms with Gasteiger partial charge in [-0.05, 0) is 31.2 Å². The van der Waals surface area contributed by atoms with Gasteiger partial charge in [0.15, 0.2) is 6.29 Å². The molecule has 140 valence electrons. The molecule has 0 aromatic heterocycles. The fourth-order valence-corrected chi connectivity index (χ4v) is 4.39. The fourth-order valence-electron chi connectivity index (χ4n) is 4.39. The highest BCUT2D eigenvalue weighted by Gasteiger charge is 2.46. The minimum absolute atomic E-state index is 0.00141. The molecule has 1 amide bonds. The molecule has 3 fully saturated rings. The summed E-state index contributed by atoms with van der Waals surface area (Å²) in [5.41, 5.74) is 0.981. The monoisotopic (exact) mass is 359 g/mol. The summed E-state index contributed by atoms with van der Waals surface area (Å²) in [6.45, 7) is 1.41. The van der Waals surface area contributed by atoms with Gasteiger partial charge >= 0.3 is 6.09 Å². The maximum absolute atomic E-state index is 12.6. The second-order valence-electron chi connectivity index (χ2n) is 7.34.